The highest BCUT2D eigenvalue weighted by Crippen LogP contribution is 2.25. The van der Waals surface area contributed by atoms with Crippen LogP contribution in [0.5, 0.6) is 0 Å². The number of pyridine rings is 1. The second-order valence-electron chi connectivity index (χ2n) is 7.81. The third kappa shape index (κ3) is 3.84. The third-order valence-electron chi connectivity index (χ3n) is 5.70. The lowest BCUT2D eigenvalue weighted by Crippen LogP contribution is -2.43. The lowest BCUT2D eigenvalue weighted by molar-refractivity contribution is -0.120. The average molecular weight is 458 g/mol. The second-order valence-corrected chi connectivity index (χ2v) is 9.74. The van der Waals surface area contributed by atoms with Gasteiger partial charge < -0.3 is 5.32 Å². The molecule has 10 nitrogen and oxygen atoms in total. The van der Waals surface area contributed by atoms with E-state index in [1.54, 1.807) is 18.2 Å². The fourth-order valence-electron chi connectivity index (χ4n) is 3.89. The molecule has 1 fully saturated rings. The van der Waals surface area contributed by atoms with Crippen molar-refractivity contribution in [2.24, 2.45) is 20.0 Å². The second kappa shape index (κ2) is 8.32. The summed E-state index contributed by atoms with van der Waals surface area (Å²) < 4.78 is 29.4. The summed E-state index contributed by atoms with van der Waals surface area (Å²) in [6.07, 6.45) is 2.48. The van der Waals surface area contributed by atoms with Crippen LogP contribution < -0.4 is 16.6 Å². The molecule has 0 saturated carbocycles. The van der Waals surface area contributed by atoms with E-state index in [4.69, 9.17) is 0 Å². The number of sulfonamides is 1. The van der Waals surface area contributed by atoms with E-state index in [1.165, 1.54) is 47.4 Å². The minimum atomic E-state index is -3.68. The molecule has 1 aliphatic rings. The van der Waals surface area contributed by atoms with Gasteiger partial charge in [0.05, 0.1) is 28.1 Å². The van der Waals surface area contributed by atoms with Crippen molar-refractivity contribution in [2.75, 3.05) is 18.4 Å². The van der Waals surface area contributed by atoms with Gasteiger partial charge in [0.2, 0.25) is 15.9 Å². The first-order valence-corrected chi connectivity index (χ1v) is 11.6. The van der Waals surface area contributed by atoms with Crippen molar-refractivity contribution >= 4 is 32.7 Å². The molecule has 1 aliphatic heterocycles. The molecule has 1 unspecified atom stereocenters. The van der Waals surface area contributed by atoms with Gasteiger partial charge in [0.15, 0.2) is 0 Å². The zero-order valence-electron chi connectivity index (χ0n) is 17.7. The van der Waals surface area contributed by atoms with Crippen LogP contribution in [0.3, 0.4) is 0 Å². The molecular weight excluding hydrogens is 434 g/mol. The Hall–Kier alpha value is -3.31. The summed E-state index contributed by atoms with van der Waals surface area (Å²) in [5.74, 6) is -0.887. The van der Waals surface area contributed by atoms with Crippen LogP contribution in [0.4, 0.5) is 5.69 Å². The maximum absolute atomic E-state index is 12.9. The number of aryl methyl sites for hydroxylation is 1. The van der Waals surface area contributed by atoms with E-state index in [2.05, 4.69) is 10.3 Å². The lowest BCUT2D eigenvalue weighted by atomic mass is 9.99. The van der Waals surface area contributed by atoms with E-state index in [-0.39, 0.29) is 28.4 Å². The smallest absolute Gasteiger partial charge is 0.324 e. The lowest BCUT2D eigenvalue weighted by Gasteiger charge is -2.31. The summed E-state index contributed by atoms with van der Waals surface area (Å²) >= 11 is 0. The summed E-state index contributed by atoms with van der Waals surface area (Å²) in [5, 5.41) is 2.94. The Labute approximate surface area is 184 Å². The van der Waals surface area contributed by atoms with E-state index in [0.29, 0.717) is 25.1 Å². The Balaban J connectivity index is 1.56. The Bertz CT molecular complexity index is 1410. The zero-order chi connectivity index (χ0) is 23.0. The van der Waals surface area contributed by atoms with E-state index >= 15 is 0 Å². The van der Waals surface area contributed by atoms with Gasteiger partial charge in [-0.25, -0.2) is 18.2 Å². The van der Waals surface area contributed by atoms with Crippen molar-refractivity contribution in [3.8, 4) is 0 Å². The first kappa shape index (κ1) is 21.9. The van der Waals surface area contributed by atoms with Gasteiger partial charge in [-0.3, -0.25) is 18.7 Å². The van der Waals surface area contributed by atoms with Crippen LogP contribution in [0, 0.1) is 5.92 Å². The molecule has 2 aromatic heterocycles. The number of fused-ring (bicyclic) bond motifs is 1. The average Bonchev–Trinajstić information content (AvgIpc) is 2.82. The number of nitrogens with one attached hydrogen (secondary N) is 1. The van der Waals surface area contributed by atoms with Crippen LogP contribution in [0.25, 0.3) is 11.0 Å². The highest BCUT2D eigenvalue weighted by Gasteiger charge is 2.33. The van der Waals surface area contributed by atoms with E-state index in [0.717, 1.165) is 4.57 Å². The van der Waals surface area contributed by atoms with Gasteiger partial charge in [0.25, 0.3) is 5.56 Å². The number of piperidine rings is 1. The van der Waals surface area contributed by atoms with Crippen LogP contribution in [0.15, 0.2) is 57.1 Å². The molecule has 0 bridgehead atoms. The highest BCUT2D eigenvalue weighted by atomic mass is 32.2. The zero-order valence-corrected chi connectivity index (χ0v) is 18.5. The molecule has 1 atom stereocenters. The Kier molecular flexibility index (Phi) is 5.70. The van der Waals surface area contributed by atoms with Crippen LogP contribution >= 0.6 is 0 Å². The van der Waals surface area contributed by atoms with Crippen LogP contribution in [0.1, 0.15) is 12.8 Å². The fraction of sp³-hybridized carbons (Fsp3) is 0.333. The Morgan fingerprint density at radius 2 is 1.84 bits per heavy atom. The predicted molar refractivity (Wildman–Crippen MR) is 119 cm³/mol. The first-order chi connectivity index (χ1) is 15.2. The summed E-state index contributed by atoms with van der Waals surface area (Å²) in [6, 6.07) is 9.61. The maximum Gasteiger partial charge on any atom is 0.332 e. The summed E-state index contributed by atoms with van der Waals surface area (Å²) in [5.41, 5.74) is -0.478. The van der Waals surface area contributed by atoms with Gasteiger partial charge in [-0.2, -0.15) is 4.31 Å². The number of carbonyl (C=O) groups is 1. The highest BCUT2D eigenvalue weighted by molar-refractivity contribution is 7.89. The van der Waals surface area contributed by atoms with E-state index < -0.39 is 27.2 Å². The number of nitrogens with zero attached hydrogens (tertiary/aromatic N) is 4. The number of hydrogen-bond donors (Lipinski definition) is 1. The van der Waals surface area contributed by atoms with Crippen LogP contribution in [0.2, 0.25) is 0 Å². The molecule has 1 aromatic carbocycles. The maximum atomic E-state index is 12.9. The number of amides is 1. The Morgan fingerprint density at radius 3 is 2.56 bits per heavy atom. The molecule has 1 N–H and O–H groups in total. The standard InChI is InChI=1S/C21H23N5O5S/c1-24-18-17(20(28)25(2)21(24)29)11-15(12-22-18)23-19(27)14-7-6-10-26(13-14)32(30,31)16-8-4-3-5-9-16/h3-5,8-9,11-12,14H,6-7,10,13H2,1-2H3,(H,23,27). The third-order valence-corrected chi connectivity index (χ3v) is 7.58. The monoisotopic (exact) mass is 457 g/mol. The van der Waals surface area contributed by atoms with Crippen molar-refractivity contribution in [2.45, 2.75) is 17.7 Å². The van der Waals surface area contributed by atoms with E-state index in [1.807, 2.05) is 0 Å². The minimum absolute atomic E-state index is 0.0698. The normalized spacial score (nSPS) is 17.4. The van der Waals surface area contributed by atoms with Gasteiger partial charge in [0.1, 0.15) is 5.65 Å². The molecule has 1 saturated heterocycles. The molecule has 0 spiro atoms. The minimum Gasteiger partial charge on any atom is -0.324 e. The molecule has 3 aromatic rings. The number of anilines is 1. The molecule has 3 heterocycles. The number of benzene rings is 1. The topological polar surface area (TPSA) is 123 Å². The van der Waals surface area contributed by atoms with Gasteiger partial charge in [-0.15, -0.1) is 0 Å². The largest absolute Gasteiger partial charge is 0.332 e. The summed E-state index contributed by atoms with van der Waals surface area (Å²) in [7, 11) is -0.798. The van der Waals surface area contributed by atoms with Gasteiger partial charge in [-0.1, -0.05) is 18.2 Å². The van der Waals surface area contributed by atoms with Gasteiger partial charge in [0, 0.05) is 27.2 Å². The van der Waals surface area contributed by atoms with Crippen molar-refractivity contribution in [3.05, 3.63) is 63.4 Å². The van der Waals surface area contributed by atoms with Crippen molar-refractivity contribution in [3.63, 3.8) is 0 Å². The number of hydrogen-bond acceptors (Lipinski definition) is 6. The van der Waals surface area contributed by atoms with Crippen molar-refractivity contribution < 1.29 is 13.2 Å². The van der Waals surface area contributed by atoms with Crippen LogP contribution in [-0.2, 0) is 28.9 Å². The Morgan fingerprint density at radius 1 is 1.12 bits per heavy atom. The molecule has 4 rings (SSSR count). The molecule has 1 amide bonds. The number of aromatic nitrogens is 3. The van der Waals surface area contributed by atoms with Crippen molar-refractivity contribution in [1.29, 1.82) is 0 Å². The summed E-state index contributed by atoms with van der Waals surface area (Å²) in [6.45, 7) is 0.420. The van der Waals surface area contributed by atoms with Gasteiger partial charge >= 0.3 is 5.69 Å². The molecule has 0 aliphatic carbocycles. The van der Waals surface area contributed by atoms with Crippen molar-refractivity contribution in [1.82, 2.24) is 18.4 Å². The molecular formula is C21H23N5O5S. The molecule has 32 heavy (non-hydrogen) atoms. The van der Waals surface area contributed by atoms with Gasteiger partial charge in [-0.05, 0) is 31.0 Å². The molecule has 0 radical (unpaired) electrons. The SMILES string of the molecule is Cn1c(=O)c2cc(NC(=O)C3CCCN(S(=O)(=O)c4ccccc4)C3)cnc2n(C)c1=O. The fourth-order valence-corrected chi connectivity index (χ4v) is 5.44. The molecule has 11 heteroatoms. The quantitative estimate of drug-likeness (QED) is 0.614. The number of rotatable bonds is 4. The van der Waals surface area contributed by atoms with E-state index in [9.17, 15) is 22.8 Å². The first-order valence-electron chi connectivity index (χ1n) is 10.1. The number of carbonyl (C=O) groups excluding carboxylic acids is 1. The van der Waals surface area contributed by atoms with Crippen LogP contribution in [-0.4, -0.2) is 45.8 Å². The predicted octanol–water partition coefficient (Wildman–Crippen LogP) is 0.672. The molecule has 168 valence electrons. The summed E-state index contributed by atoms with van der Waals surface area (Å²) in [4.78, 5) is 41.7.